The molecule has 1 aliphatic carbocycles. The summed E-state index contributed by atoms with van der Waals surface area (Å²) in [5, 5.41) is 0. The number of aryl methyl sites for hydroxylation is 1. The van der Waals surface area contributed by atoms with Gasteiger partial charge in [0.05, 0.1) is 18.1 Å². The van der Waals surface area contributed by atoms with E-state index < -0.39 is 0 Å². The maximum absolute atomic E-state index is 12.9. The van der Waals surface area contributed by atoms with Crippen LogP contribution in [0.2, 0.25) is 0 Å². The molecule has 4 nitrogen and oxygen atoms in total. The zero-order valence-corrected chi connectivity index (χ0v) is 12.0. The second-order valence-corrected chi connectivity index (χ2v) is 5.88. The lowest BCUT2D eigenvalue weighted by Gasteiger charge is -2.35. The van der Waals surface area contributed by atoms with E-state index in [1.807, 2.05) is 17.0 Å². The third-order valence-corrected chi connectivity index (χ3v) is 4.51. The molecule has 20 heavy (non-hydrogen) atoms. The maximum atomic E-state index is 12.9. The third kappa shape index (κ3) is 2.23. The minimum absolute atomic E-state index is 0.0135. The number of rotatable bonds is 3. The molecule has 108 valence electrons. The molecule has 0 spiro atoms. The van der Waals surface area contributed by atoms with E-state index in [4.69, 9.17) is 10.5 Å². The molecular formula is C16H22N2O2. The Hall–Kier alpha value is -1.39. The second-order valence-electron chi connectivity index (χ2n) is 5.88. The number of carbonyl (C=O) groups is 1. The number of hydrogen-bond acceptors (Lipinski definition) is 3. The molecule has 2 N–H and O–H groups in total. The lowest BCUT2D eigenvalue weighted by atomic mass is 9.90. The molecule has 1 aliphatic heterocycles. The zero-order valence-electron chi connectivity index (χ0n) is 12.0. The van der Waals surface area contributed by atoms with Crippen molar-refractivity contribution in [3.8, 4) is 0 Å². The highest BCUT2D eigenvalue weighted by molar-refractivity contribution is 5.91. The van der Waals surface area contributed by atoms with Crippen LogP contribution in [-0.4, -0.2) is 43.2 Å². The van der Waals surface area contributed by atoms with Crippen molar-refractivity contribution in [3.05, 3.63) is 35.4 Å². The Balaban J connectivity index is 1.82. The molecule has 1 aromatic rings. The lowest BCUT2D eigenvalue weighted by molar-refractivity contribution is -0.141. The summed E-state index contributed by atoms with van der Waals surface area (Å²) in [7, 11) is 0. The van der Waals surface area contributed by atoms with Crippen LogP contribution >= 0.6 is 0 Å². The summed E-state index contributed by atoms with van der Waals surface area (Å²) in [6, 6.07) is 8.24. The van der Waals surface area contributed by atoms with Gasteiger partial charge in [-0.15, -0.1) is 0 Å². The van der Waals surface area contributed by atoms with Gasteiger partial charge in [-0.05, 0) is 30.9 Å². The van der Waals surface area contributed by atoms with Crippen molar-refractivity contribution >= 4 is 5.91 Å². The fourth-order valence-corrected chi connectivity index (χ4v) is 3.18. The maximum Gasteiger partial charge on any atom is 0.233 e. The first-order valence-electron chi connectivity index (χ1n) is 7.34. The number of carbonyl (C=O) groups excluding carboxylic acids is 1. The third-order valence-electron chi connectivity index (χ3n) is 4.51. The minimum atomic E-state index is -0.276. The van der Waals surface area contributed by atoms with Gasteiger partial charge in [-0.1, -0.05) is 24.3 Å². The molecule has 1 saturated carbocycles. The molecule has 1 heterocycles. The van der Waals surface area contributed by atoms with Crippen LogP contribution in [-0.2, 0) is 14.9 Å². The number of nitrogens with zero attached hydrogens (tertiary/aromatic N) is 1. The van der Waals surface area contributed by atoms with Gasteiger partial charge < -0.3 is 15.4 Å². The van der Waals surface area contributed by atoms with Crippen molar-refractivity contribution in [3.63, 3.8) is 0 Å². The molecule has 1 unspecified atom stereocenters. The molecule has 3 rings (SSSR count). The van der Waals surface area contributed by atoms with E-state index in [1.165, 1.54) is 11.1 Å². The van der Waals surface area contributed by atoms with Crippen LogP contribution in [0.3, 0.4) is 0 Å². The SMILES string of the molecule is Cc1ccccc1C1(C(=O)N2CCOC(CN)C2)CC1. The summed E-state index contributed by atoms with van der Waals surface area (Å²) in [6.07, 6.45) is 1.91. The van der Waals surface area contributed by atoms with Crippen molar-refractivity contribution in [1.82, 2.24) is 4.90 Å². The average Bonchev–Trinajstić information content (AvgIpc) is 3.28. The highest BCUT2D eigenvalue weighted by Gasteiger charge is 2.53. The molecule has 1 amide bonds. The number of ether oxygens (including phenoxy) is 1. The van der Waals surface area contributed by atoms with Gasteiger partial charge in [-0.3, -0.25) is 4.79 Å². The number of amides is 1. The van der Waals surface area contributed by atoms with Gasteiger partial charge >= 0.3 is 0 Å². The van der Waals surface area contributed by atoms with E-state index in [-0.39, 0.29) is 17.4 Å². The van der Waals surface area contributed by atoms with E-state index in [0.29, 0.717) is 26.2 Å². The standard InChI is InChI=1S/C16H22N2O2/c1-12-4-2-3-5-14(12)16(6-7-16)15(19)18-8-9-20-13(10-17)11-18/h2-5,13H,6-11,17H2,1H3. The average molecular weight is 274 g/mol. The Morgan fingerprint density at radius 2 is 2.20 bits per heavy atom. The van der Waals surface area contributed by atoms with Crippen LogP contribution in [0.25, 0.3) is 0 Å². The van der Waals surface area contributed by atoms with Crippen LogP contribution in [0.15, 0.2) is 24.3 Å². The lowest BCUT2D eigenvalue weighted by Crippen LogP contribution is -2.51. The molecule has 1 saturated heterocycles. The van der Waals surface area contributed by atoms with Gasteiger partial charge in [-0.25, -0.2) is 0 Å². The van der Waals surface area contributed by atoms with E-state index in [9.17, 15) is 4.79 Å². The van der Waals surface area contributed by atoms with E-state index >= 15 is 0 Å². The van der Waals surface area contributed by atoms with Gasteiger partial charge in [-0.2, -0.15) is 0 Å². The van der Waals surface area contributed by atoms with Crippen molar-refractivity contribution in [1.29, 1.82) is 0 Å². The molecule has 0 bridgehead atoms. The monoisotopic (exact) mass is 274 g/mol. The molecule has 1 aromatic carbocycles. The smallest absolute Gasteiger partial charge is 0.233 e. The van der Waals surface area contributed by atoms with Gasteiger partial charge in [0.15, 0.2) is 0 Å². The van der Waals surface area contributed by atoms with E-state index in [2.05, 4.69) is 19.1 Å². The first-order chi connectivity index (χ1) is 9.67. The summed E-state index contributed by atoms with van der Waals surface area (Å²) in [5.74, 6) is 0.258. The molecule has 0 radical (unpaired) electrons. The second kappa shape index (κ2) is 5.19. The quantitative estimate of drug-likeness (QED) is 0.901. The number of benzene rings is 1. The Morgan fingerprint density at radius 1 is 1.45 bits per heavy atom. The molecular weight excluding hydrogens is 252 g/mol. The molecule has 2 aliphatic rings. The summed E-state index contributed by atoms with van der Waals surface area (Å²) in [5.41, 5.74) is 7.79. The largest absolute Gasteiger partial charge is 0.373 e. The highest BCUT2D eigenvalue weighted by Crippen LogP contribution is 2.50. The van der Waals surface area contributed by atoms with Gasteiger partial charge in [0.1, 0.15) is 0 Å². The summed E-state index contributed by atoms with van der Waals surface area (Å²) in [4.78, 5) is 14.9. The van der Waals surface area contributed by atoms with Crippen molar-refractivity contribution in [2.45, 2.75) is 31.3 Å². The fourth-order valence-electron chi connectivity index (χ4n) is 3.18. The van der Waals surface area contributed by atoms with Crippen LogP contribution < -0.4 is 5.73 Å². The summed E-state index contributed by atoms with van der Waals surface area (Å²) >= 11 is 0. The Kier molecular flexibility index (Phi) is 3.52. The van der Waals surface area contributed by atoms with Crippen molar-refractivity contribution in [2.75, 3.05) is 26.2 Å². The predicted molar refractivity (Wildman–Crippen MR) is 77.5 cm³/mol. The van der Waals surface area contributed by atoms with Crippen LogP contribution in [0.4, 0.5) is 0 Å². The van der Waals surface area contributed by atoms with Crippen LogP contribution in [0.5, 0.6) is 0 Å². The first kappa shape index (κ1) is 13.6. The predicted octanol–water partition coefficient (Wildman–Crippen LogP) is 1.21. The molecule has 1 atom stereocenters. The molecule has 2 fully saturated rings. The van der Waals surface area contributed by atoms with Gasteiger partial charge in [0.2, 0.25) is 5.91 Å². The Bertz CT molecular complexity index is 511. The summed E-state index contributed by atoms with van der Waals surface area (Å²) < 4.78 is 5.55. The van der Waals surface area contributed by atoms with E-state index in [0.717, 1.165) is 12.8 Å². The number of morpholine rings is 1. The molecule has 4 heteroatoms. The first-order valence-corrected chi connectivity index (χ1v) is 7.34. The minimum Gasteiger partial charge on any atom is -0.373 e. The Labute approximate surface area is 119 Å². The van der Waals surface area contributed by atoms with Crippen molar-refractivity contribution < 1.29 is 9.53 Å². The zero-order chi connectivity index (χ0) is 14.2. The Morgan fingerprint density at radius 3 is 2.85 bits per heavy atom. The van der Waals surface area contributed by atoms with Gasteiger partial charge in [0, 0.05) is 19.6 Å². The number of nitrogens with two attached hydrogens (primary N) is 1. The van der Waals surface area contributed by atoms with Gasteiger partial charge in [0.25, 0.3) is 0 Å². The topological polar surface area (TPSA) is 55.6 Å². The number of hydrogen-bond donors (Lipinski definition) is 1. The highest BCUT2D eigenvalue weighted by atomic mass is 16.5. The summed E-state index contributed by atoms with van der Waals surface area (Å²) in [6.45, 7) is 4.47. The van der Waals surface area contributed by atoms with Crippen LogP contribution in [0, 0.1) is 6.92 Å². The fraction of sp³-hybridized carbons (Fsp3) is 0.562. The van der Waals surface area contributed by atoms with E-state index in [1.54, 1.807) is 0 Å². The van der Waals surface area contributed by atoms with Crippen molar-refractivity contribution in [2.24, 2.45) is 5.73 Å². The molecule has 0 aromatic heterocycles. The normalized spacial score (nSPS) is 24.5. The van der Waals surface area contributed by atoms with Crippen LogP contribution in [0.1, 0.15) is 24.0 Å².